The third kappa shape index (κ3) is 6.38. The zero-order valence-electron chi connectivity index (χ0n) is 17.7. The molecule has 2 aliphatic rings. The summed E-state index contributed by atoms with van der Waals surface area (Å²) in [5, 5.41) is 6.94. The number of aliphatic imine (C=N–C) groups is 1. The molecule has 0 saturated carbocycles. The fourth-order valence-corrected chi connectivity index (χ4v) is 3.77. The van der Waals surface area contributed by atoms with E-state index in [0.29, 0.717) is 12.5 Å². The highest BCUT2D eigenvalue weighted by atomic mass is 16.5. The molecule has 0 aliphatic carbocycles. The van der Waals surface area contributed by atoms with E-state index in [1.54, 1.807) is 0 Å². The van der Waals surface area contributed by atoms with E-state index in [0.717, 1.165) is 56.0 Å². The number of likely N-dealkylation sites (tertiary alicyclic amines) is 1. The molecule has 0 amide bonds. The molecule has 3 rings (SSSR count). The van der Waals surface area contributed by atoms with Crippen molar-refractivity contribution < 1.29 is 9.47 Å². The maximum atomic E-state index is 6.15. The number of nitrogens with zero attached hydrogens (tertiary/aromatic N) is 2. The van der Waals surface area contributed by atoms with Gasteiger partial charge in [-0.1, -0.05) is 12.1 Å². The van der Waals surface area contributed by atoms with Crippen LogP contribution in [-0.4, -0.2) is 64.4 Å². The molecule has 2 fully saturated rings. The third-order valence-electron chi connectivity index (χ3n) is 5.79. The van der Waals surface area contributed by atoms with Gasteiger partial charge in [0.25, 0.3) is 0 Å². The zero-order valence-corrected chi connectivity index (χ0v) is 17.7. The Morgan fingerprint density at radius 2 is 2.04 bits per heavy atom. The van der Waals surface area contributed by atoms with E-state index in [9.17, 15) is 0 Å². The molecule has 0 spiro atoms. The lowest BCUT2D eigenvalue weighted by atomic mass is 9.97. The fourth-order valence-electron chi connectivity index (χ4n) is 3.77. The van der Waals surface area contributed by atoms with Crippen LogP contribution in [0.15, 0.2) is 23.2 Å². The van der Waals surface area contributed by atoms with Gasteiger partial charge in [-0.25, -0.2) is 0 Å². The number of hydrogen-bond acceptors (Lipinski definition) is 4. The summed E-state index contributed by atoms with van der Waals surface area (Å²) in [4.78, 5) is 6.79. The van der Waals surface area contributed by atoms with E-state index in [1.165, 1.54) is 31.5 Å². The molecule has 2 aliphatic heterocycles. The van der Waals surface area contributed by atoms with Crippen molar-refractivity contribution in [3.63, 3.8) is 0 Å². The third-order valence-corrected chi connectivity index (χ3v) is 5.79. The number of aryl methyl sites for hydroxylation is 1. The Hall–Kier alpha value is -1.79. The predicted octanol–water partition coefficient (Wildman–Crippen LogP) is 2.42. The number of nitrogens with one attached hydrogen (secondary N) is 2. The molecule has 1 atom stereocenters. The number of benzene rings is 1. The number of ether oxygens (including phenoxy) is 2. The van der Waals surface area contributed by atoms with Crippen LogP contribution in [0.1, 0.15) is 30.4 Å². The Balaban J connectivity index is 1.49. The van der Waals surface area contributed by atoms with E-state index in [4.69, 9.17) is 9.47 Å². The lowest BCUT2D eigenvalue weighted by Gasteiger charge is -2.29. The fraction of sp³-hybridized carbons (Fsp3) is 0.682. The van der Waals surface area contributed by atoms with Crippen molar-refractivity contribution in [3.05, 3.63) is 29.3 Å². The van der Waals surface area contributed by atoms with Crippen LogP contribution in [0.3, 0.4) is 0 Å². The first-order valence-corrected chi connectivity index (χ1v) is 10.6. The zero-order chi connectivity index (χ0) is 19.8. The molecule has 156 valence electrons. The standard InChI is InChI=1S/C22H36N4O2/c1-17-4-5-20(21(12-17)28-16-19-8-11-27-15-19)14-25-22(23-2)24-13-18-6-9-26(3)10-7-18/h4-5,12,18-19H,6-11,13-16H2,1-3H3,(H2,23,24,25). The highest BCUT2D eigenvalue weighted by Gasteiger charge is 2.18. The Morgan fingerprint density at radius 3 is 2.75 bits per heavy atom. The van der Waals surface area contributed by atoms with Crippen LogP contribution >= 0.6 is 0 Å². The first-order chi connectivity index (χ1) is 13.6. The van der Waals surface area contributed by atoms with Gasteiger partial charge in [0, 0.05) is 38.2 Å². The molecule has 28 heavy (non-hydrogen) atoms. The number of hydrogen-bond donors (Lipinski definition) is 2. The molecule has 6 nitrogen and oxygen atoms in total. The minimum absolute atomic E-state index is 0.505. The first kappa shape index (κ1) is 20.9. The van der Waals surface area contributed by atoms with Crippen molar-refractivity contribution in [2.75, 3.05) is 53.6 Å². The maximum absolute atomic E-state index is 6.15. The van der Waals surface area contributed by atoms with E-state index >= 15 is 0 Å². The van der Waals surface area contributed by atoms with Crippen LogP contribution in [0.25, 0.3) is 0 Å². The summed E-state index contributed by atoms with van der Waals surface area (Å²) in [6.07, 6.45) is 3.59. The van der Waals surface area contributed by atoms with Crippen LogP contribution in [0.5, 0.6) is 5.75 Å². The number of piperidine rings is 1. The number of guanidine groups is 1. The van der Waals surface area contributed by atoms with Gasteiger partial charge < -0.3 is 25.0 Å². The maximum Gasteiger partial charge on any atom is 0.191 e. The Labute approximate surface area is 169 Å². The molecule has 2 saturated heterocycles. The summed E-state index contributed by atoms with van der Waals surface area (Å²) in [6, 6.07) is 6.41. The predicted molar refractivity (Wildman–Crippen MR) is 114 cm³/mol. The lowest BCUT2D eigenvalue weighted by Crippen LogP contribution is -2.42. The van der Waals surface area contributed by atoms with Gasteiger partial charge in [0.2, 0.25) is 0 Å². The van der Waals surface area contributed by atoms with Crippen molar-refractivity contribution in [1.82, 2.24) is 15.5 Å². The van der Waals surface area contributed by atoms with Gasteiger partial charge >= 0.3 is 0 Å². The molecule has 1 unspecified atom stereocenters. The van der Waals surface area contributed by atoms with Crippen molar-refractivity contribution in [2.24, 2.45) is 16.8 Å². The quantitative estimate of drug-likeness (QED) is 0.555. The van der Waals surface area contributed by atoms with Crippen LogP contribution in [0.4, 0.5) is 0 Å². The summed E-state index contributed by atoms with van der Waals surface area (Å²) in [5.74, 6) is 3.05. The number of rotatable bonds is 7. The Morgan fingerprint density at radius 1 is 1.21 bits per heavy atom. The van der Waals surface area contributed by atoms with Gasteiger partial charge in [0.1, 0.15) is 5.75 Å². The second-order valence-electron chi connectivity index (χ2n) is 8.21. The van der Waals surface area contributed by atoms with E-state index in [-0.39, 0.29) is 0 Å². The highest BCUT2D eigenvalue weighted by Crippen LogP contribution is 2.22. The largest absolute Gasteiger partial charge is 0.493 e. The average molecular weight is 389 g/mol. The molecule has 1 aromatic rings. The first-order valence-electron chi connectivity index (χ1n) is 10.6. The molecular formula is C22H36N4O2. The van der Waals surface area contributed by atoms with Crippen molar-refractivity contribution in [3.8, 4) is 5.75 Å². The van der Waals surface area contributed by atoms with Gasteiger partial charge in [0.05, 0.1) is 13.2 Å². The van der Waals surface area contributed by atoms with Crippen LogP contribution in [0.2, 0.25) is 0 Å². The molecule has 1 aromatic carbocycles. The minimum atomic E-state index is 0.505. The molecular weight excluding hydrogens is 352 g/mol. The average Bonchev–Trinajstić information content (AvgIpc) is 3.22. The van der Waals surface area contributed by atoms with Crippen molar-refractivity contribution >= 4 is 5.96 Å². The second kappa shape index (κ2) is 10.7. The molecule has 2 heterocycles. The van der Waals surface area contributed by atoms with Gasteiger partial charge in [-0.05, 0) is 63.9 Å². The van der Waals surface area contributed by atoms with Crippen LogP contribution in [0, 0.1) is 18.8 Å². The van der Waals surface area contributed by atoms with Crippen molar-refractivity contribution in [2.45, 2.75) is 32.7 Å². The van der Waals surface area contributed by atoms with Crippen LogP contribution in [-0.2, 0) is 11.3 Å². The summed E-state index contributed by atoms with van der Waals surface area (Å²) in [7, 11) is 4.03. The van der Waals surface area contributed by atoms with E-state index < -0.39 is 0 Å². The van der Waals surface area contributed by atoms with Gasteiger partial charge in [0.15, 0.2) is 5.96 Å². The Bertz CT molecular complexity index is 635. The monoisotopic (exact) mass is 388 g/mol. The smallest absolute Gasteiger partial charge is 0.191 e. The minimum Gasteiger partial charge on any atom is -0.493 e. The SMILES string of the molecule is CN=C(NCc1ccc(C)cc1OCC1CCOC1)NCC1CCN(C)CC1. The van der Waals surface area contributed by atoms with E-state index in [1.807, 2.05) is 7.05 Å². The molecule has 0 aromatic heterocycles. The molecule has 0 radical (unpaired) electrons. The summed E-state index contributed by atoms with van der Waals surface area (Å²) in [6.45, 7) is 8.55. The van der Waals surface area contributed by atoms with Gasteiger partial charge in [-0.2, -0.15) is 0 Å². The summed E-state index contributed by atoms with van der Waals surface area (Å²) in [5.41, 5.74) is 2.37. The highest BCUT2D eigenvalue weighted by molar-refractivity contribution is 5.79. The molecule has 0 bridgehead atoms. The normalized spacial score (nSPS) is 21.7. The summed E-state index contributed by atoms with van der Waals surface area (Å²) >= 11 is 0. The topological polar surface area (TPSA) is 58.1 Å². The Kier molecular flexibility index (Phi) is 7.98. The molecule has 6 heteroatoms. The molecule has 2 N–H and O–H groups in total. The van der Waals surface area contributed by atoms with Crippen LogP contribution < -0.4 is 15.4 Å². The summed E-state index contributed by atoms with van der Waals surface area (Å²) < 4.78 is 11.6. The van der Waals surface area contributed by atoms with Gasteiger partial charge in [-0.3, -0.25) is 4.99 Å². The van der Waals surface area contributed by atoms with E-state index in [2.05, 4.69) is 52.7 Å². The second-order valence-corrected chi connectivity index (χ2v) is 8.21. The lowest BCUT2D eigenvalue weighted by molar-refractivity contribution is 0.166. The van der Waals surface area contributed by atoms with Gasteiger partial charge in [-0.15, -0.1) is 0 Å². The van der Waals surface area contributed by atoms with Crippen molar-refractivity contribution in [1.29, 1.82) is 0 Å².